The van der Waals surface area contributed by atoms with Gasteiger partial charge >= 0.3 is 0 Å². The number of nitrogens with two attached hydrogens (primary N) is 3. The molecule has 5 heteroatoms. The third kappa shape index (κ3) is 2.57. The van der Waals surface area contributed by atoms with E-state index in [0.29, 0.717) is 17.1 Å². The summed E-state index contributed by atoms with van der Waals surface area (Å²) in [6.07, 6.45) is 0. The summed E-state index contributed by atoms with van der Waals surface area (Å²) >= 11 is 1.38. The monoisotopic (exact) mass is 247 g/mol. The maximum Gasteiger partial charge on any atom is 0.116 e. The van der Waals surface area contributed by atoms with Gasteiger partial charge in [0.25, 0.3) is 0 Å². The molecule has 0 aliphatic heterocycles. The van der Waals surface area contributed by atoms with E-state index in [1.807, 2.05) is 0 Å². The topological polar surface area (TPSA) is 98.3 Å². The number of benzene rings is 2. The molecule has 0 amide bonds. The first-order chi connectivity index (χ1) is 8.06. The molecule has 0 radical (unpaired) electrons. The van der Waals surface area contributed by atoms with Crippen molar-refractivity contribution in [1.82, 2.24) is 0 Å². The second kappa shape index (κ2) is 4.47. The molecule has 0 unspecified atom stereocenters. The number of phenols is 1. The molecule has 0 aromatic heterocycles. The predicted molar refractivity (Wildman–Crippen MR) is 71.9 cm³/mol. The lowest BCUT2D eigenvalue weighted by molar-refractivity contribution is 0.474. The maximum absolute atomic E-state index is 9.41. The van der Waals surface area contributed by atoms with Gasteiger partial charge in [-0.05, 0) is 36.4 Å². The number of nitrogen functional groups attached to an aromatic ring is 3. The zero-order valence-electron chi connectivity index (χ0n) is 9.05. The van der Waals surface area contributed by atoms with Crippen LogP contribution in [-0.4, -0.2) is 5.11 Å². The lowest BCUT2D eigenvalue weighted by Gasteiger charge is -2.09. The van der Waals surface area contributed by atoms with Crippen molar-refractivity contribution >= 4 is 28.8 Å². The number of aromatic hydroxyl groups is 1. The van der Waals surface area contributed by atoms with Gasteiger partial charge in [0.15, 0.2) is 0 Å². The van der Waals surface area contributed by atoms with Crippen LogP contribution in [0.5, 0.6) is 5.75 Å². The molecule has 0 aliphatic carbocycles. The zero-order valence-corrected chi connectivity index (χ0v) is 9.87. The largest absolute Gasteiger partial charge is 0.508 e. The van der Waals surface area contributed by atoms with Crippen LogP contribution < -0.4 is 17.2 Å². The average molecular weight is 247 g/mol. The van der Waals surface area contributed by atoms with Gasteiger partial charge in [-0.15, -0.1) is 0 Å². The van der Waals surface area contributed by atoms with Crippen molar-refractivity contribution in [3.05, 3.63) is 36.4 Å². The molecule has 0 heterocycles. The summed E-state index contributed by atoms with van der Waals surface area (Å²) in [4.78, 5) is 1.57. The molecule has 7 N–H and O–H groups in total. The highest BCUT2D eigenvalue weighted by molar-refractivity contribution is 7.99. The quantitative estimate of drug-likeness (QED) is 0.482. The normalized spacial score (nSPS) is 10.4. The number of rotatable bonds is 2. The highest BCUT2D eigenvalue weighted by atomic mass is 32.2. The molecule has 2 aromatic rings. The van der Waals surface area contributed by atoms with Crippen molar-refractivity contribution in [1.29, 1.82) is 0 Å². The molecule has 17 heavy (non-hydrogen) atoms. The van der Waals surface area contributed by atoms with E-state index >= 15 is 0 Å². The minimum absolute atomic E-state index is 0.171. The van der Waals surface area contributed by atoms with Gasteiger partial charge in [0, 0.05) is 26.9 Å². The van der Waals surface area contributed by atoms with Gasteiger partial charge in [-0.2, -0.15) is 0 Å². The van der Waals surface area contributed by atoms with Gasteiger partial charge < -0.3 is 22.3 Å². The van der Waals surface area contributed by atoms with Crippen LogP contribution in [0.4, 0.5) is 17.1 Å². The van der Waals surface area contributed by atoms with Crippen LogP contribution in [0.3, 0.4) is 0 Å². The number of anilines is 3. The molecule has 0 saturated carbocycles. The summed E-state index contributed by atoms with van der Waals surface area (Å²) in [6, 6.07) is 10.1. The molecule has 0 saturated heterocycles. The van der Waals surface area contributed by atoms with Crippen LogP contribution in [0.15, 0.2) is 46.2 Å². The highest BCUT2D eigenvalue weighted by Crippen LogP contribution is 2.37. The van der Waals surface area contributed by atoms with Crippen LogP contribution in [0.1, 0.15) is 0 Å². The number of hydrogen-bond acceptors (Lipinski definition) is 5. The van der Waals surface area contributed by atoms with Gasteiger partial charge in [0.2, 0.25) is 0 Å². The first kappa shape index (κ1) is 11.5. The molecule has 4 nitrogen and oxygen atoms in total. The Morgan fingerprint density at radius 2 is 1.41 bits per heavy atom. The minimum atomic E-state index is 0.171. The summed E-state index contributed by atoms with van der Waals surface area (Å²) in [5, 5.41) is 9.41. The fourth-order valence-electron chi connectivity index (χ4n) is 1.37. The Balaban J connectivity index is 2.37. The van der Waals surface area contributed by atoms with Crippen LogP contribution >= 0.6 is 11.8 Å². The summed E-state index contributed by atoms with van der Waals surface area (Å²) in [5.74, 6) is 0.171. The van der Waals surface area contributed by atoms with Crippen LogP contribution in [0.25, 0.3) is 0 Å². The Kier molecular flexibility index (Phi) is 3.01. The molecule has 88 valence electrons. The molecule has 2 rings (SSSR count). The van der Waals surface area contributed by atoms with Crippen LogP contribution in [-0.2, 0) is 0 Å². The van der Waals surface area contributed by atoms with E-state index in [-0.39, 0.29) is 5.75 Å². The lowest BCUT2D eigenvalue weighted by Crippen LogP contribution is -1.93. The standard InChI is InChI=1S/C12H13N3OS/c13-7-1-3-9(14)11(5-7)17-12-6-8(16)2-4-10(12)15/h1-6,16H,13-15H2. The van der Waals surface area contributed by atoms with Crippen LogP contribution in [0, 0.1) is 0 Å². The van der Waals surface area contributed by atoms with E-state index in [9.17, 15) is 5.11 Å². The van der Waals surface area contributed by atoms with Gasteiger partial charge in [-0.3, -0.25) is 0 Å². The van der Waals surface area contributed by atoms with Gasteiger partial charge in [0.05, 0.1) is 0 Å². The summed E-state index contributed by atoms with van der Waals surface area (Å²) in [6.45, 7) is 0. The van der Waals surface area contributed by atoms with E-state index in [4.69, 9.17) is 17.2 Å². The number of phenolic OH excluding ortho intramolecular Hbond substituents is 1. The molecule has 0 bridgehead atoms. The van der Waals surface area contributed by atoms with E-state index in [1.54, 1.807) is 36.4 Å². The Morgan fingerprint density at radius 3 is 2.12 bits per heavy atom. The van der Waals surface area contributed by atoms with Crippen molar-refractivity contribution < 1.29 is 5.11 Å². The lowest BCUT2D eigenvalue weighted by atomic mass is 10.3. The summed E-state index contributed by atoms with van der Waals surface area (Å²) in [7, 11) is 0. The molecule has 0 spiro atoms. The summed E-state index contributed by atoms with van der Waals surface area (Å²) < 4.78 is 0. The van der Waals surface area contributed by atoms with Crippen molar-refractivity contribution in [2.45, 2.75) is 9.79 Å². The fraction of sp³-hybridized carbons (Fsp3) is 0. The maximum atomic E-state index is 9.41. The minimum Gasteiger partial charge on any atom is -0.508 e. The Morgan fingerprint density at radius 1 is 0.824 bits per heavy atom. The van der Waals surface area contributed by atoms with Gasteiger partial charge in [-0.1, -0.05) is 11.8 Å². The highest BCUT2D eigenvalue weighted by Gasteiger charge is 2.06. The second-order valence-corrected chi connectivity index (χ2v) is 4.71. The SMILES string of the molecule is Nc1ccc(N)c(Sc2cc(O)ccc2N)c1. The van der Waals surface area contributed by atoms with E-state index in [2.05, 4.69) is 0 Å². The molecular weight excluding hydrogens is 234 g/mol. The predicted octanol–water partition coefficient (Wildman–Crippen LogP) is 2.29. The fourth-order valence-corrected chi connectivity index (χ4v) is 2.35. The molecule has 0 atom stereocenters. The van der Waals surface area contributed by atoms with Crippen molar-refractivity contribution in [2.24, 2.45) is 0 Å². The number of hydrogen-bond donors (Lipinski definition) is 4. The molecule has 0 aliphatic rings. The van der Waals surface area contributed by atoms with Crippen molar-refractivity contribution in [2.75, 3.05) is 17.2 Å². The first-order valence-corrected chi connectivity index (χ1v) is 5.79. The third-order valence-electron chi connectivity index (χ3n) is 2.25. The smallest absolute Gasteiger partial charge is 0.116 e. The average Bonchev–Trinajstić information content (AvgIpc) is 2.28. The molecule has 0 fully saturated rings. The zero-order chi connectivity index (χ0) is 12.4. The van der Waals surface area contributed by atoms with Gasteiger partial charge in [0.1, 0.15) is 5.75 Å². The van der Waals surface area contributed by atoms with Crippen LogP contribution in [0.2, 0.25) is 0 Å². The first-order valence-electron chi connectivity index (χ1n) is 4.97. The second-order valence-electron chi connectivity index (χ2n) is 3.62. The van der Waals surface area contributed by atoms with Crippen molar-refractivity contribution in [3.63, 3.8) is 0 Å². The Bertz CT molecular complexity index is 508. The van der Waals surface area contributed by atoms with E-state index in [1.165, 1.54) is 11.8 Å². The Hall–Kier alpha value is -2.01. The van der Waals surface area contributed by atoms with E-state index < -0.39 is 0 Å². The van der Waals surface area contributed by atoms with Crippen molar-refractivity contribution in [3.8, 4) is 5.75 Å². The van der Waals surface area contributed by atoms with E-state index in [0.717, 1.165) is 9.79 Å². The molecular formula is C12H13N3OS. The third-order valence-corrected chi connectivity index (χ3v) is 3.40. The molecule has 2 aromatic carbocycles. The summed E-state index contributed by atoms with van der Waals surface area (Å²) in [5.41, 5.74) is 19.2. The van der Waals surface area contributed by atoms with Gasteiger partial charge in [-0.25, -0.2) is 0 Å². The Labute approximate surface area is 103 Å².